The molecule has 18 heavy (non-hydrogen) atoms. The van der Waals surface area contributed by atoms with Crippen LogP contribution < -0.4 is 24.0 Å². The molecule has 0 spiro atoms. The second-order valence-corrected chi connectivity index (χ2v) is 6.35. The van der Waals surface area contributed by atoms with Crippen molar-refractivity contribution in [2.45, 2.75) is 38.2 Å². The van der Waals surface area contributed by atoms with E-state index in [2.05, 4.69) is 12.4 Å². The van der Waals surface area contributed by atoms with Crippen molar-refractivity contribution < 1.29 is 33.6 Å². The van der Waals surface area contributed by atoms with Gasteiger partial charge in [0.15, 0.2) is 0 Å². The molecule has 2 heterocycles. The van der Waals surface area contributed by atoms with E-state index in [1.807, 2.05) is 11.4 Å². The van der Waals surface area contributed by atoms with Crippen LogP contribution in [0.3, 0.4) is 0 Å². The number of quaternary nitrogens is 1. The molecule has 2 rings (SSSR count). The van der Waals surface area contributed by atoms with Crippen molar-refractivity contribution in [3.05, 3.63) is 22.4 Å². The van der Waals surface area contributed by atoms with E-state index in [1.165, 1.54) is 43.4 Å². The highest BCUT2D eigenvalue weighted by Crippen LogP contribution is 2.23. The summed E-state index contributed by atoms with van der Waals surface area (Å²) in [6, 6.07) is 2.03. The summed E-state index contributed by atoms with van der Waals surface area (Å²) in [6.07, 6.45) is 5.95. The van der Waals surface area contributed by atoms with Crippen molar-refractivity contribution in [2.24, 2.45) is 0 Å². The van der Waals surface area contributed by atoms with Gasteiger partial charge < -0.3 is 33.6 Å². The predicted molar refractivity (Wildman–Crippen MR) is 73.1 cm³/mol. The zero-order chi connectivity index (χ0) is 12.1. The molecule has 0 radical (unpaired) electrons. The van der Waals surface area contributed by atoms with Crippen molar-refractivity contribution in [3.63, 3.8) is 0 Å². The lowest BCUT2D eigenvalue weighted by Crippen LogP contribution is -3.00. The molecular formula is C14H24INOS. The van der Waals surface area contributed by atoms with Crippen molar-refractivity contribution in [1.29, 1.82) is 0 Å². The van der Waals surface area contributed by atoms with E-state index < -0.39 is 0 Å². The fourth-order valence-corrected chi connectivity index (χ4v) is 3.50. The lowest BCUT2D eigenvalue weighted by Gasteiger charge is -2.38. The number of nitrogens with zero attached hydrogens (tertiary/aromatic N) is 1. The molecule has 1 aliphatic heterocycles. The van der Waals surface area contributed by atoms with E-state index in [0.717, 1.165) is 18.4 Å². The highest BCUT2D eigenvalue weighted by atomic mass is 127. The third-order valence-corrected chi connectivity index (χ3v) is 4.70. The molecule has 2 nitrogen and oxygen atoms in total. The van der Waals surface area contributed by atoms with Gasteiger partial charge in [-0.05, 0) is 54.5 Å². The zero-order valence-electron chi connectivity index (χ0n) is 11.1. The third-order valence-electron chi connectivity index (χ3n) is 4.00. The van der Waals surface area contributed by atoms with Gasteiger partial charge in [0.05, 0.1) is 32.8 Å². The van der Waals surface area contributed by atoms with Gasteiger partial charge >= 0.3 is 0 Å². The molecule has 1 fully saturated rings. The molecule has 1 unspecified atom stereocenters. The van der Waals surface area contributed by atoms with Gasteiger partial charge in [-0.15, -0.1) is 0 Å². The molecule has 0 saturated carbocycles. The van der Waals surface area contributed by atoms with Gasteiger partial charge in [0.2, 0.25) is 0 Å². The minimum absolute atomic E-state index is 0. The maximum Gasteiger partial charge on any atom is 0.0800 e. The number of hydrogen-bond acceptors (Lipinski definition) is 2. The Labute approximate surface area is 132 Å². The SMILES string of the molecule is C[N+]1(CCCC(O)c2ccsc2)CCCCC1.[I-]. The Morgan fingerprint density at radius 1 is 1.33 bits per heavy atom. The van der Waals surface area contributed by atoms with Crippen molar-refractivity contribution in [3.8, 4) is 0 Å². The Morgan fingerprint density at radius 2 is 2.06 bits per heavy atom. The summed E-state index contributed by atoms with van der Waals surface area (Å²) >= 11 is 1.66. The molecule has 0 aromatic carbocycles. The number of thiophene rings is 1. The smallest absolute Gasteiger partial charge is 0.0800 e. The molecule has 1 N–H and O–H groups in total. The quantitative estimate of drug-likeness (QED) is 0.571. The fraction of sp³-hybridized carbons (Fsp3) is 0.714. The number of piperidine rings is 1. The lowest BCUT2D eigenvalue weighted by atomic mass is 10.1. The molecular weight excluding hydrogens is 357 g/mol. The number of halogens is 1. The normalized spacial score (nSPS) is 20.1. The first kappa shape index (κ1) is 16.4. The molecule has 1 atom stereocenters. The monoisotopic (exact) mass is 381 g/mol. The minimum Gasteiger partial charge on any atom is -1.00 e. The van der Waals surface area contributed by atoms with Crippen LogP contribution in [0.2, 0.25) is 0 Å². The number of likely N-dealkylation sites (tertiary alicyclic amines) is 1. The van der Waals surface area contributed by atoms with Gasteiger partial charge in [-0.2, -0.15) is 11.3 Å². The van der Waals surface area contributed by atoms with Crippen LogP contribution in [0.25, 0.3) is 0 Å². The summed E-state index contributed by atoms with van der Waals surface area (Å²) in [5, 5.41) is 14.1. The first-order valence-electron chi connectivity index (χ1n) is 6.73. The zero-order valence-corrected chi connectivity index (χ0v) is 14.1. The van der Waals surface area contributed by atoms with E-state index in [9.17, 15) is 5.11 Å². The van der Waals surface area contributed by atoms with E-state index in [4.69, 9.17) is 0 Å². The molecule has 0 amide bonds. The average molecular weight is 381 g/mol. The van der Waals surface area contributed by atoms with E-state index in [-0.39, 0.29) is 30.1 Å². The Morgan fingerprint density at radius 3 is 2.67 bits per heavy atom. The average Bonchev–Trinajstić information content (AvgIpc) is 2.83. The van der Waals surface area contributed by atoms with Crippen LogP contribution in [0, 0.1) is 0 Å². The highest BCUT2D eigenvalue weighted by Gasteiger charge is 2.24. The van der Waals surface area contributed by atoms with Crippen LogP contribution >= 0.6 is 11.3 Å². The number of aliphatic hydroxyl groups excluding tert-OH is 1. The third kappa shape index (κ3) is 4.79. The Balaban J connectivity index is 0.00000162. The van der Waals surface area contributed by atoms with Gasteiger partial charge in [0.25, 0.3) is 0 Å². The second-order valence-electron chi connectivity index (χ2n) is 5.57. The van der Waals surface area contributed by atoms with Crippen LogP contribution in [-0.2, 0) is 0 Å². The summed E-state index contributed by atoms with van der Waals surface area (Å²) in [7, 11) is 2.37. The predicted octanol–water partition coefficient (Wildman–Crippen LogP) is 0.196. The van der Waals surface area contributed by atoms with E-state index in [1.54, 1.807) is 11.3 Å². The highest BCUT2D eigenvalue weighted by molar-refractivity contribution is 7.07. The fourth-order valence-electron chi connectivity index (χ4n) is 2.80. The molecule has 4 heteroatoms. The largest absolute Gasteiger partial charge is 1.00 e. The molecule has 1 aliphatic rings. The summed E-state index contributed by atoms with van der Waals surface area (Å²) in [5.74, 6) is 0. The van der Waals surface area contributed by atoms with Crippen molar-refractivity contribution in [1.82, 2.24) is 0 Å². The molecule has 104 valence electrons. The van der Waals surface area contributed by atoms with Crippen LogP contribution in [0.4, 0.5) is 0 Å². The summed E-state index contributed by atoms with van der Waals surface area (Å²) < 4.78 is 1.22. The van der Waals surface area contributed by atoms with Crippen molar-refractivity contribution in [2.75, 3.05) is 26.7 Å². The Bertz CT molecular complexity index is 323. The maximum absolute atomic E-state index is 10.0. The summed E-state index contributed by atoms with van der Waals surface area (Å²) in [6.45, 7) is 3.88. The van der Waals surface area contributed by atoms with Gasteiger partial charge in [-0.25, -0.2) is 0 Å². The van der Waals surface area contributed by atoms with E-state index in [0.29, 0.717) is 0 Å². The standard InChI is InChI=1S/C14H24NOS.HI/c1-15(8-3-2-4-9-15)10-5-6-14(16)13-7-11-17-12-13;/h7,11-12,14,16H,2-6,8-10H2,1H3;1H/q+1;/p-1. The van der Waals surface area contributed by atoms with Crippen LogP contribution in [0.15, 0.2) is 16.8 Å². The topological polar surface area (TPSA) is 20.2 Å². The molecule has 0 aliphatic carbocycles. The summed E-state index contributed by atoms with van der Waals surface area (Å²) in [5.41, 5.74) is 1.09. The van der Waals surface area contributed by atoms with Crippen LogP contribution in [0.1, 0.15) is 43.8 Å². The van der Waals surface area contributed by atoms with Gasteiger partial charge in [0.1, 0.15) is 0 Å². The Kier molecular flexibility index (Phi) is 7.13. The van der Waals surface area contributed by atoms with Crippen LogP contribution in [-0.4, -0.2) is 36.3 Å². The Hall–Kier alpha value is 0.350. The first-order valence-corrected chi connectivity index (χ1v) is 7.68. The molecule has 0 bridgehead atoms. The minimum atomic E-state index is -0.252. The lowest BCUT2D eigenvalue weighted by molar-refractivity contribution is -0.914. The van der Waals surface area contributed by atoms with Crippen LogP contribution in [0.5, 0.6) is 0 Å². The van der Waals surface area contributed by atoms with Crippen molar-refractivity contribution >= 4 is 11.3 Å². The first-order chi connectivity index (χ1) is 8.20. The molecule has 1 aromatic heterocycles. The summed E-state index contributed by atoms with van der Waals surface area (Å²) in [4.78, 5) is 0. The molecule has 1 saturated heterocycles. The van der Waals surface area contributed by atoms with Gasteiger partial charge in [-0.3, -0.25) is 0 Å². The number of hydrogen-bond donors (Lipinski definition) is 1. The second kappa shape index (κ2) is 7.82. The van der Waals surface area contributed by atoms with Gasteiger partial charge in [-0.1, -0.05) is 0 Å². The van der Waals surface area contributed by atoms with Gasteiger partial charge in [0, 0.05) is 0 Å². The number of aliphatic hydroxyl groups is 1. The maximum atomic E-state index is 10.0. The van der Waals surface area contributed by atoms with E-state index >= 15 is 0 Å². The number of rotatable bonds is 5. The molecule has 1 aromatic rings.